The summed E-state index contributed by atoms with van der Waals surface area (Å²) in [6.45, 7) is 5.69. The van der Waals surface area contributed by atoms with Crippen LogP contribution in [0.3, 0.4) is 0 Å². The van der Waals surface area contributed by atoms with Gasteiger partial charge in [0.25, 0.3) is 5.91 Å². The van der Waals surface area contributed by atoms with E-state index < -0.39 is 5.54 Å². The van der Waals surface area contributed by atoms with Crippen molar-refractivity contribution in [1.82, 2.24) is 14.8 Å². The number of fused-ring (bicyclic) bond motifs is 3. The molecule has 6 nitrogen and oxygen atoms in total. The number of hydrogen-bond acceptors (Lipinski definition) is 3. The number of rotatable bonds is 8. The van der Waals surface area contributed by atoms with Gasteiger partial charge in [-0.25, -0.2) is 0 Å². The Labute approximate surface area is 211 Å². The maximum absolute atomic E-state index is 13.8. The lowest BCUT2D eigenvalue weighted by atomic mass is 9.93. The molecule has 0 radical (unpaired) electrons. The van der Waals surface area contributed by atoms with Gasteiger partial charge in [-0.2, -0.15) is 0 Å². The van der Waals surface area contributed by atoms with Crippen LogP contribution >= 0.6 is 0 Å². The predicted octanol–water partition coefficient (Wildman–Crippen LogP) is 4.81. The highest BCUT2D eigenvalue weighted by Crippen LogP contribution is 2.32. The molecule has 5 rings (SSSR count). The Morgan fingerprint density at radius 3 is 2.44 bits per heavy atom. The zero-order valence-corrected chi connectivity index (χ0v) is 20.7. The summed E-state index contributed by atoms with van der Waals surface area (Å²) in [5.74, 6) is 0.542. The highest BCUT2D eigenvalue weighted by atomic mass is 16.5. The highest BCUT2D eigenvalue weighted by Gasteiger charge is 2.47. The number of para-hydroxylation sites is 1. The van der Waals surface area contributed by atoms with Gasteiger partial charge in [0.05, 0.1) is 13.2 Å². The molecule has 0 saturated heterocycles. The fourth-order valence-electron chi connectivity index (χ4n) is 4.98. The molecule has 2 heterocycles. The third kappa shape index (κ3) is 4.47. The minimum atomic E-state index is -1.04. The van der Waals surface area contributed by atoms with Crippen LogP contribution in [0.25, 0.3) is 10.9 Å². The van der Waals surface area contributed by atoms with Gasteiger partial charge >= 0.3 is 0 Å². The van der Waals surface area contributed by atoms with Crippen molar-refractivity contribution in [1.29, 1.82) is 0 Å². The lowest BCUT2D eigenvalue weighted by molar-refractivity contribution is -0.133. The molecule has 0 bridgehead atoms. The molecule has 184 valence electrons. The zero-order valence-electron chi connectivity index (χ0n) is 20.7. The maximum atomic E-state index is 13.8. The molecule has 3 aromatic carbocycles. The van der Waals surface area contributed by atoms with E-state index in [4.69, 9.17) is 4.74 Å². The van der Waals surface area contributed by atoms with Crippen molar-refractivity contribution in [2.75, 3.05) is 13.2 Å². The summed E-state index contributed by atoms with van der Waals surface area (Å²) in [6.07, 6.45) is 0.639. The van der Waals surface area contributed by atoms with Gasteiger partial charge in [-0.05, 0) is 55.7 Å². The molecule has 0 saturated carbocycles. The first-order valence-corrected chi connectivity index (χ1v) is 12.4. The largest absolute Gasteiger partial charge is 0.494 e. The van der Waals surface area contributed by atoms with Crippen LogP contribution < -0.4 is 10.1 Å². The molecule has 4 aromatic rings. The van der Waals surface area contributed by atoms with E-state index in [-0.39, 0.29) is 11.8 Å². The number of aromatic nitrogens is 1. The lowest BCUT2D eigenvalue weighted by Crippen LogP contribution is -2.64. The van der Waals surface area contributed by atoms with Crippen molar-refractivity contribution in [3.8, 4) is 5.75 Å². The van der Waals surface area contributed by atoms with Crippen LogP contribution in [-0.2, 0) is 24.3 Å². The first kappa shape index (κ1) is 23.7. The molecule has 1 N–H and O–H groups in total. The van der Waals surface area contributed by atoms with Crippen molar-refractivity contribution in [2.24, 2.45) is 0 Å². The third-order valence-corrected chi connectivity index (χ3v) is 6.98. The second kappa shape index (κ2) is 9.90. The first-order valence-electron chi connectivity index (χ1n) is 12.4. The first-order chi connectivity index (χ1) is 17.5. The van der Waals surface area contributed by atoms with E-state index in [1.54, 1.807) is 4.90 Å². The number of ether oxygens (including phenoxy) is 1. The molecule has 2 amide bonds. The standard InChI is InChI=1S/C30H31N3O3/c1-3-36-25-15-13-22(14-16-25)17-18-33-28(34)27-19-24-11-7-8-12-26(24)32(27)21-30(33,2)29(35)31-20-23-9-5-4-6-10-23/h4-16,19H,3,17-18,20-21H2,1-2H3,(H,31,35)/t30-/m1/s1. The van der Waals surface area contributed by atoms with Crippen LogP contribution in [0.15, 0.2) is 84.9 Å². The van der Waals surface area contributed by atoms with Crippen LogP contribution in [0.1, 0.15) is 35.5 Å². The maximum Gasteiger partial charge on any atom is 0.271 e. The summed E-state index contributed by atoms with van der Waals surface area (Å²) in [5.41, 5.74) is 2.66. The van der Waals surface area contributed by atoms with E-state index in [1.807, 2.05) is 103 Å². The SMILES string of the molecule is CCOc1ccc(CCN2C(=O)c3cc4ccccc4n3C[C@]2(C)C(=O)NCc2ccccc2)cc1. The topological polar surface area (TPSA) is 63.6 Å². The fourth-order valence-corrected chi connectivity index (χ4v) is 4.98. The minimum Gasteiger partial charge on any atom is -0.494 e. The molecular formula is C30H31N3O3. The van der Waals surface area contributed by atoms with E-state index in [0.29, 0.717) is 38.4 Å². The van der Waals surface area contributed by atoms with Gasteiger partial charge in [0.2, 0.25) is 5.91 Å². The van der Waals surface area contributed by atoms with Crippen molar-refractivity contribution in [3.05, 3.63) is 102 Å². The highest BCUT2D eigenvalue weighted by molar-refractivity contribution is 6.03. The van der Waals surface area contributed by atoms with Crippen LogP contribution in [0, 0.1) is 0 Å². The third-order valence-electron chi connectivity index (χ3n) is 6.98. The van der Waals surface area contributed by atoms with E-state index in [1.165, 1.54) is 0 Å². The number of carbonyl (C=O) groups is 2. The molecule has 1 aliphatic heterocycles. The van der Waals surface area contributed by atoms with Crippen LogP contribution in [0.5, 0.6) is 5.75 Å². The van der Waals surface area contributed by atoms with E-state index in [0.717, 1.165) is 27.8 Å². The van der Waals surface area contributed by atoms with E-state index in [9.17, 15) is 9.59 Å². The molecule has 1 aliphatic rings. The average Bonchev–Trinajstić information content (AvgIpc) is 3.27. The predicted molar refractivity (Wildman–Crippen MR) is 141 cm³/mol. The lowest BCUT2D eigenvalue weighted by Gasteiger charge is -2.44. The molecule has 0 aliphatic carbocycles. The van der Waals surface area contributed by atoms with E-state index >= 15 is 0 Å². The Hall–Kier alpha value is -4.06. The molecule has 0 spiro atoms. The number of carbonyl (C=O) groups excluding carboxylic acids is 2. The number of nitrogens with zero attached hydrogens (tertiary/aromatic N) is 2. The van der Waals surface area contributed by atoms with Crippen molar-refractivity contribution in [3.63, 3.8) is 0 Å². The summed E-state index contributed by atoms with van der Waals surface area (Å²) >= 11 is 0. The molecule has 0 fully saturated rings. The van der Waals surface area contributed by atoms with Crippen LogP contribution in [0.2, 0.25) is 0 Å². The Bertz CT molecular complexity index is 1380. The molecule has 36 heavy (non-hydrogen) atoms. The second-order valence-corrected chi connectivity index (χ2v) is 9.40. The van der Waals surface area contributed by atoms with Gasteiger partial charge in [-0.15, -0.1) is 0 Å². The molecular weight excluding hydrogens is 450 g/mol. The number of amides is 2. The summed E-state index contributed by atoms with van der Waals surface area (Å²) in [6, 6.07) is 27.6. The van der Waals surface area contributed by atoms with Gasteiger partial charge in [-0.3, -0.25) is 9.59 Å². The smallest absolute Gasteiger partial charge is 0.271 e. The Morgan fingerprint density at radius 1 is 0.972 bits per heavy atom. The monoisotopic (exact) mass is 481 g/mol. The Balaban J connectivity index is 1.44. The second-order valence-electron chi connectivity index (χ2n) is 9.40. The summed E-state index contributed by atoms with van der Waals surface area (Å²) in [5, 5.41) is 4.09. The number of benzene rings is 3. The van der Waals surface area contributed by atoms with Crippen LogP contribution in [-0.4, -0.2) is 40.0 Å². The van der Waals surface area contributed by atoms with Crippen molar-refractivity contribution in [2.45, 2.75) is 38.9 Å². The van der Waals surface area contributed by atoms with Crippen LogP contribution in [0.4, 0.5) is 0 Å². The zero-order chi connectivity index (χ0) is 25.1. The number of hydrogen-bond donors (Lipinski definition) is 1. The van der Waals surface area contributed by atoms with Crippen molar-refractivity contribution < 1.29 is 14.3 Å². The average molecular weight is 482 g/mol. The Morgan fingerprint density at radius 2 is 1.69 bits per heavy atom. The van der Waals surface area contributed by atoms with Gasteiger partial charge in [0.1, 0.15) is 17.0 Å². The molecule has 1 atom stereocenters. The van der Waals surface area contributed by atoms with E-state index in [2.05, 4.69) is 5.32 Å². The van der Waals surface area contributed by atoms with Gasteiger partial charge < -0.3 is 19.5 Å². The van der Waals surface area contributed by atoms with Crippen molar-refractivity contribution >= 4 is 22.7 Å². The summed E-state index contributed by atoms with van der Waals surface area (Å²) in [4.78, 5) is 29.3. The quantitative estimate of drug-likeness (QED) is 0.393. The van der Waals surface area contributed by atoms with Gasteiger partial charge in [0.15, 0.2) is 0 Å². The normalized spacial score (nSPS) is 17.2. The molecule has 6 heteroatoms. The molecule has 0 unspecified atom stereocenters. The Kier molecular flexibility index (Phi) is 6.51. The summed E-state index contributed by atoms with van der Waals surface area (Å²) < 4.78 is 7.54. The number of nitrogens with one attached hydrogen (secondary N) is 1. The minimum absolute atomic E-state index is 0.124. The summed E-state index contributed by atoms with van der Waals surface area (Å²) in [7, 11) is 0. The van der Waals surface area contributed by atoms with Gasteiger partial charge in [-0.1, -0.05) is 60.7 Å². The fraction of sp³-hybridized carbons (Fsp3) is 0.267. The van der Waals surface area contributed by atoms with Gasteiger partial charge in [0, 0.05) is 24.0 Å². The molecule has 1 aromatic heterocycles.